The maximum absolute atomic E-state index is 12.9. The lowest BCUT2D eigenvalue weighted by Crippen LogP contribution is -2.19. The molecule has 0 aliphatic rings. The van der Waals surface area contributed by atoms with Crippen molar-refractivity contribution in [3.63, 3.8) is 0 Å². The van der Waals surface area contributed by atoms with E-state index >= 15 is 0 Å². The van der Waals surface area contributed by atoms with Crippen molar-refractivity contribution in [1.82, 2.24) is 9.78 Å². The highest BCUT2D eigenvalue weighted by molar-refractivity contribution is 5.13. The summed E-state index contributed by atoms with van der Waals surface area (Å²) in [7, 11) is 0. The molecule has 0 bridgehead atoms. The Kier molecular flexibility index (Phi) is 2.46. The van der Waals surface area contributed by atoms with E-state index in [1.54, 1.807) is 4.68 Å². The lowest BCUT2D eigenvalue weighted by Gasteiger charge is -2.21. The number of hydrogen-bond donors (Lipinski definition) is 0. The van der Waals surface area contributed by atoms with Crippen molar-refractivity contribution < 1.29 is 4.39 Å². The third kappa shape index (κ3) is 2.08. The molecule has 1 heterocycles. The summed E-state index contributed by atoms with van der Waals surface area (Å²) in [6.07, 6.45) is 0. The minimum absolute atomic E-state index is 0.0540. The van der Waals surface area contributed by atoms with Crippen LogP contribution in [0.2, 0.25) is 0 Å². The van der Waals surface area contributed by atoms with Gasteiger partial charge in [-0.25, -0.2) is 0 Å². The number of aromatic nitrogens is 2. The SMILES string of the molecule is CC(C)n1nc(F)cc1C(C)(C)C. The van der Waals surface area contributed by atoms with Crippen LogP contribution in [0, 0.1) is 5.95 Å². The van der Waals surface area contributed by atoms with Crippen LogP contribution in [0.4, 0.5) is 4.39 Å². The second kappa shape index (κ2) is 3.13. The lowest BCUT2D eigenvalue weighted by atomic mass is 9.92. The van der Waals surface area contributed by atoms with Crippen molar-refractivity contribution in [1.29, 1.82) is 0 Å². The van der Waals surface area contributed by atoms with E-state index in [4.69, 9.17) is 0 Å². The molecular formula is C10H17FN2. The highest BCUT2D eigenvalue weighted by atomic mass is 19.1. The van der Waals surface area contributed by atoms with Crippen molar-refractivity contribution in [2.24, 2.45) is 0 Å². The molecule has 0 N–H and O–H groups in total. The lowest BCUT2D eigenvalue weighted by molar-refractivity contribution is 0.431. The summed E-state index contributed by atoms with van der Waals surface area (Å²) < 4.78 is 14.7. The first-order valence-corrected chi connectivity index (χ1v) is 4.58. The number of rotatable bonds is 1. The average molecular weight is 184 g/mol. The molecule has 0 radical (unpaired) electrons. The summed E-state index contributed by atoms with van der Waals surface area (Å²) >= 11 is 0. The molecule has 74 valence electrons. The molecule has 2 nitrogen and oxygen atoms in total. The first-order valence-electron chi connectivity index (χ1n) is 4.58. The van der Waals surface area contributed by atoms with Gasteiger partial charge in [-0.3, -0.25) is 4.68 Å². The predicted octanol–water partition coefficient (Wildman–Crippen LogP) is 2.90. The van der Waals surface area contributed by atoms with Crippen LogP contribution < -0.4 is 0 Å². The molecule has 1 aromatic rings. The topological polar surface area (TPSA) is 17.8 Å². The maximum atomic E-state index is 12.9. The second-order valence-electron chi connectivity index (χ2n) is 4.64. The molecular weight excluding hydrogens is 167 g/mol. The Balaban J connectivity index is 3.20. The molecule has 0 saturated carbocycles. The largest absolute Gasteiger partial charge is 0.264 e. The molecule has 0 unspecified atom stereocenters. The molecule has 1 rings (SSSR count). The number of nitrogens with zero attached hydrogens (tertiary/aromatic N) is 2. The molecule has 0 atom stereocenters. The fourth-order valence-electron chi connectivity index (χ4n) is 1.32. The van der Waals surface area contributed by atoms with Crippen LogP contribution in [0.15, 0.2) is 6.07 Å². The average Bonchev–Trinajstić information content (AvgIpc) is 2.29. The molecule has 3 heteroatoms. The zero-order chi connectivity index (χ0) is 10.2. The summed E-state index contributed by atoms with van der Waals surface area (Å²) in [5.74, 6) is -0.390. The van der Waals surface area contributed by atoms with Crippen molar-refractivity contribution in [2.75, 3.05) is 0 Å². The standard InChI is InChI=1S/C10H17FN2/c1-7(2)13-8(10(3,4)5)6-9(11)12-13/h6-7H,1-5H3. The van der Waals surface area contributed by atoms with Gasteiger partial charge in [-0.2, -0.15) is 4.39 Å². The number of halogens is 1. The van der Waals surface area contributed by atoms with E-state index in [0.717, 1.165) is 5.69 Å². The quantitative estimate of drug-likeness (QED) is 0.656. The van der Waals surface area contributed by atoms with Gasteiger partial charge in [0.2, 0.25) is 5.95 Å². The van der Waals surface area contributed by atoms with Crippen molar-refractivity contribution in [3.05, 3.63) is 17.7 Å². The van der Waals surface area contributed by atoms with Crippen LogP contribution in [-0.4, -0.2) is 9.78 Å². The smallest absolute Gasteiger partial charge is 0.232 e. The Labute approximate surface area is 78.8 Å². The molecule has 0 amide bonds. The Morgan fingerprint density at radius 1 is 1.38 bits per heavy atom. The van der Waals surface area contributed by atoms with E-state index in [2.05, 4.69) is 25.9 Å². The van der Waals surface area contributed by atoms with Gasteiger partial charge in [0.25, 0.3) is 0 Å². The Morgan fingerprint density at radius 2 is 1.92 bits per heavy atom. The van der Waals surface area contributed by atoms with Crippen LogP contribution in [0.1, 0.15) is 46.4 Å². The first-order chi connectivity index (χ1) is 5.82. The van der Waals surface area contributed by atoms with E-state index in [9.17, 15) is 4.39 Å². The van der Waals surface area contributed by atoms with Crippen molar-refractivity contribution in [2.45, 2.75) is 46.1 Å². The van der Waals surface area contributed by atoms with Crippen LogP contribution in [0.5, 0.6) is 0 Å². The van der Waals surface area contributed by atoms with Gasteiger partial charge in [-0.15, -0.1) is 5.10 Å². The molecule has 0 spiro atoms. The normalized spacial score (nSPS) is 12.5. The van der Waals surface area contributed by atoms with Gasteiger partial charge in [-0.1, -0.05) is 20.8 Å². The summed E-state index contributed by atoms with van der Waals surface area (Å²) in [5, 5.41) is 3.83. The van der Waals surface area contributed by atoms with Gasteiger partial charge >= 0.3 is 0 Å². The van der Waals surface area contributed by atoms with E-state index in [1.165, 1.54) is 6.07 Å². The van der Waals surface area contributed by atoms with Gasteiger partial charge in [-0.05, 0) is 13.8 Å². The fourth-order valence-corrected chi connectivity index (χ4v) is 1.32. The molecule has 0 aliphatic heterocycles. The van der Waals surface area contributed by atoms with E-state index in [0.29, 0.717) is 0 Å². The van der Waals surface area contributed by atoms with Crippen LogP contribution in [0.25, 0.3) is 0 Å². The number of hydrogen-bond acceptors (Lipinski definition) is 1. The summed E-state index contributed by atoms with van der Waals surface area (Å²) in [6.45, 7) is 10.2. The maximum Gasteiger partial charge on any atom is 0.232 e. The highest BCUT2D eigenvalue weighted by Gasteiger charge is 2.22. The molecule has 1 aromatic heterocycles. The molecule has 0 saturated heterocycles. The van der Waals surface area contributed by atoms with Gasteiger partial charge in [0.05, 0.1) is 0 Å². The highest BCUT2D eigenvalue weighted by Crippen LogP contribution is 2.24. The van der Waals surface area contributed by atoms with E-state index in [1.807, 2.05) is 13.8 Å². The summed E-state index contributed by atoms with van der Waals surface area (Å²) in [5.41, 5.74) is 0.890. The minimum Gasteiger partial charge on any atom is -0.264 e. The molecule has 0 aromatic carbocycles. The van der Waals surface area contributed by atoms with Crippen molar-refractivity contribution >= 4 is 0 Å². The van der Waals surface area contributed by atoms with Gasteiger partial charge < -0.3 is 0 Å². The molecule has 0 fully saturated rings. The minimum atomic E-state index is -0.390. The van der Waals surface area contributed by atoms with Crippen LogP contribution in [-0.2, 0) is 5.41 Å². The van der Waals surface area contributed by atoms with Crippen LogP contribution >= 0.6 is 0 Å². The summed E-state index contributed by atoms with van der Waals surface area (Å²) in [6, 6.07) is 1.72. The zero-order valence-electron chi connectivity index (χ0n) is 8.93. The Hall–Kier alpha value is -0.860. The van der Waals surface area contributed by atoms with Gasteiger partial charge in [0.15, 0.2) is 0 Å². The predicted molar refractivity (Wildman–Crippen MR) is 51.3 cm³/mol. The summed E-state index contributed by atoms with van der Waals surface area (Å²) in [4.78, 5) is 0. The van der Waals surface area contributed by atoms with E-state index < -0.39 is 5.95 Å². The van der Waals surface area contributed by atoms with Crippen LogP contribution in [0.3, 0.4) is 0 Å². The Morgan fingerprint density at radius 3 is 2.23 bits per heavy atom. The van der Waals surface area contributed by atoms with E-state index in [-0.39, 0.29) is 11.5 Å². The molecule has 13 heavy (non-hydrogen) atoms. The fraction of sp³-hybridized carbons (Fsp3) is 0.700. The third-order valence-electron chi connectivity index (χ3n) is 1.96. The Bertz CT molecular complexity index is 294. The third-order valence-corrected chi connectivity index (χ3v) is 1.96. The van der Waals surface area contributed by atoms with Crippen molar-refractivity contribution in [3.8, 4) is 0 Å². The molecule has 0 aliphatic carbocycles. The monoisotopic (exact) mass is 184 g/mol. The first kappa shape index (κ1) is 10.2. The zero-order valence-corrected chi connectivity index (χ0v) is 8.93. The second-order valence-corrected chi connectivity index (χ2v) is 4.64. The van der Waals surface area contributed by atoms with Gasteiger partial charge in [0, 0.05) is 23.2 Å². The van der Waals surface area contributed by atoms with Gasteiger partial charge in [0.1, 0.15) is 0 Å².